The van der Waals surface area contributed by atoms with Crippen LogP contribution in [0.3, 0.4) is 0 Å². The molecule has 0 spiro atoms. The number of thiazole rings is 1. The minimum absolute atomic E-state index is 0. The van der Waals surface area contributed by atoms with E-state index in [1.54, 1.807) is 22.3 Å². The van der Waals surface area contributed by atoms with Gasteiger partial charge in [-0.1, -0.05) is 12.1 Å². The summed E-state index contributed by atoms with van der Waals surface area (Å²) in [4.78, 5) is 8.42. The van der Waals surface area contributed by atoms with Crippen LogP contribution in [-0.4, -0.2) is 19.7 Å². The van der Waals surface area contributed by atoms with Crippen LogP contribution >= 0.6 is 23.7 Å². The average Bonchev–Trinajstić information content (AvgIpc) is 3.16. The summed E-state index contributed by atoms with van der Waals surface area (Å²) in [5.74, 6) is 0. The number of hydrogen-bond donors (Lipinski definition) is 1. The lowest BCUT2D eigenvalue weighted by Gasteiger charge is -2.14. The Balaban J connectivity index is 0.00000176. The number of hydrogen-bond acceptors (Lipinski definition) is 5. The lowest BCUT2D eigenvalue weighted by molar-refractivity contribution is 0.568. The van der Waals surface area contributed by atoms with Gasteiger partial charge in [-0.3, -0.25) is 0 Å². The van der Waals surface area contributed by atoms with Gasteiger partial charge in [-0.15, -0.1) is 23.7 Å². The highest BCUT2D eigenvalue weighted by Gasteiger charge is 2.07. The van der Waals surface area contributed by atoms with Crippen LogP contribution in [0.2, 0.25) is 0 Å². The van der Waals surface area contributed by atoms with Crippen LogP contribution in [0.25, 0.3) is 5.69 Å². The van der Waals surface area contributed by atoms with Crippen LogP contribution in [0.1, 0.15) is 29.2 Å². The number of aryl methyl sites for hydroxylation is 1. The molecule has 0 aliphatic rings. The second-order valence-electron chi connectivity index (χ2n) is 4.89. The van der Waals surface area contributed by atoms with Gasteiger partial charge in [0.15, 0.2) is 0 Å². The molecule has 0 saturated carbocycles. The Hall–Kier alpha value is -1.76. The van der Waals surface area contributed by atoms with Gasteiger partial charge in [0.05, 0.1) is 16.4 Å². The predicted octanol–water partition coefficient (Wildman–Crippen LogP) is 3.30. The highest BCUT2D eigenvalue weighted by molar-refractivity contribution is 7.09. The topological polar surface area (TPSA) is 55.6 Å². The van der Waals surface area contributed by atoms with E-state index in [-0.39, 0.29) is 18.4 Å². The second-order valence-corrected chi connectivity index (χ2v) is 5.95. The molecule has 1 unspecified atom stereocenters. The van der Waals surface area contributed by atoms with E-state index in [1.165, 1.54) is 11.9 Å². The van der Waals surface area contributed by atoms with Crippen molar-refractivity contribution in [1.82, 2.24) is 25.1 Å². The first-order valence-corrected chi connectivity index (χ1v) is 7.69. The first-order chi connectivity index (χ1) is 10.2. The van der Waals surface area contributed by atoms with Crippen molar-refractivity contribution >= 4 is 23.7 Å². The molecule has 0 aliphatic heterocycles. The molecule has 1 aromatic carbocycles. The first kappa shape index (κ1) is 16.6. The molecule has 0 bridgehead atoms. The summed E-state index contributed by atoms with van der Waals surface area (Å²) in [6, 6.07) is 8.60. The fraction of sp³-hybridized carbons (Fsp3) is 0.267. The summed E-state index contributed by atoms with van der Waals surface area (Å²) in [7, 11) is 0. The Morgan fingerprint density at radius 3 is 2.64 bits per heavy atom. The molecule has 0 fully saturated rings. The molecular weight excluding hydrogens is 318 g/mol. The van der Waals surface area contributed by atoms with E-state index in [0.29, 0.717) is 0 Å². The Kier molecular flexibility index (Phi) is 5.65. The molecule has 116 valence electrons. The van der Waals surface area contributed by atoms with Crippen molar-refractivity contribution in [3.8, 4) is 5.69 Å². The number of aromatic nitrogens is 4. The lowest BCUT2D eigenvalue weighted by atomic mass is 10.1. The summed E-state index contributed by atoms with van der Waals surface area (Å²) in [6.45, 7) is 4.97. The number of benzene rings is 1. The van der Waals surface area contributed by atoms with Crippen LogP contribution < -0.4 is 5.32 Å². The van der Waals surface area contributed by atoms with Gasteiger partial charge >= 0.3 is 0 Å². The predicted molar refractivity (Wildman–Crippen MR) is 90.7 cm³/mol. The van der Waals surface area contributed by atoms with Crippen molar-refractivity contribution in [2.45, 2.75) is 26.4 Å². The van der Waals surface area contributed by atoms with E-state index >= 15 is 0 Å². The third-order valence-corrected chi connectivity index (χ3v) is 4.15. The highest BCUT2D eigenvalue weighted by Crippen LogP contribution is 2.16. The molecule has 3 rings (SSSR count). The van der Waals surface area contributed by atoms with Crippen LogP contribution in [0.15, 0.2) is 42.3 Å². The zero-order valence-electron chi connectivity index (χ0n) is 12.4. The van der Waals surface area contributed by atoms with Crippen molar-refractivity contribution < 1.29 is 0 Å². The molecule has 0 amide bonds. The fourth-order valence-electron chi connectivity index (χ4n) is 2.12. The normalized spacial score (nSPS) is 11.9. The zero-order valence-corrected chi connectivity index (χ0v) is 14.1. The van der Waals surface area contributed by atoms with Crippen LogP contribution in [0, 0.1) is 6.92 Å². The molecule has 22 heavy (non-hydrogen) atoms. The van der Waals surface area contributed by atoms with Gasteiger partial charge in [0, 0.05) is 18.0 Å². The molecule has 5 nitrogen and oxygen atoms in total. The quantitative estimate of drug-likeness (QED) is 0.777. The monoisotopic (exact) mass is 335 g/mol. The SMILES string of the molecule is Cc1nc(CNC(C)c2ccc(-n3cncn3)cc2)cs1.Cl. The Morgan fingerprint density at radius 2 is 2.05 bits per heavy atom. The maximum Gasteiger partial charge on any atom is 0.138 e. The van der Waals surface area contributed by atoms with Gasteiger partial charge in [-0.25, -0.2) is 14.6 Å². The molecule has 0 aliphatic carbocycles. The second kappa shape index (κ2) is 7.49. The molecular formula is C15H18ClN5S. The molecule has 2 aromatic heterocycles. The van der Waals surface area contributed by atoms with E-state index in [4.69, 9.17) is 0 Å². The number of nitrogens with one attached hydrogen (secondary N) is 1. The average molecular weight is 336 g/mol. The first-order valence-electron chi connectivity index (χ1n) is 6.82. The molecule has 3 aromatic rings. The van der Waals surface area contributed by atoms with Gasteiger partial charge in [-0.2, -0.15) is 5.10 Å². The molecule has 2 heterocycles. The highest BCUT2D eigenvalue weighted by atomic mass is 35.5. The Labute approximate surface area is 139 Å². The number of nitrogens with zero attached hydrogens (tertiary/aromatic N) is 4. The third-order valence-electron chi connectivity index (χ3n) is 3.33. The minimum Gasteiger partial charge on any atom is -0.305 e. The summed E-state index contributed by atoms with van der Waals surface area (Å²) >= 11 is 1.69. The largest absolute Gasteiger partial charge is 0.305 e. The molecule has 7 heteroatoms. The molecule has 0 radical (unpaired) electrons. The van der Waals surface area contributed by atoms with Crippen LogP contribution in [0.4, 0.5) is 0 Å². The van der Waals surface area contributed by atoms with E-state index < -0.39 is 0 Å². The van der Waals surface area contributed by atoms with E-state index in [1.807, 2.05) is 6.92 Å². The van der Waals surface area contributed by atoms with Gasteiger partial charge in [-0.05, 0) is 31.5 Å². The van der Waals surface area contributed by atoms with Crippen molar-refractivity contribution in [2.24, 2.45) is 0 Å². The smallest absolute Gasteiger partial charge is 0.138 e. The summed E-state index contributed by atoms with van der Waals surface area (Å²) in [6.07, 6.45) is 3.23. The van der Waals surface area contributed by atoms with E-state index in [9.17, 15) is 0 Å². The molecule has 0 saturated heterocycles. The maximum atomic E-state index is 4.46. The van der Waals surface area contributed by atoms with E-state index in [2.05, 4.69) is 57.0 Å². The third kappa shape index (κ3) is 3.91. The van der Waals surface area contributed by atoms with Gasteiger partial charge in [0.25, 0.3) is 0 Å². The number of halogens is 1. The van der Waals surface area contributed by atoms with Crippen molar-refractivity contribution in [3.63, 3.8) is 0 Å². The maximum absolute atomic E-state index is 4.46. The standard InChI is InChI=1S/C15H17N5S.ClH/c1-11(17-7-14-8-21-12(2)19-14)13-3-5-15(6-4-13)20-10-16-9-18-20;/h3-6,8-11,17H,7H2,1-2H3;1H. The van der Waals surface area contributed by atoms with Crippen LogP contribution in [-0.2, 0) is 6.54 Å². The summed E-state index contributed by atoms with van der Waals surface area (Å²) in [5, 5.41) is 10.8. The molecule has 1 atom stereocenters. The van der Waals surface area contributed by atoms with Gasteiger partial charge in [0.1, 0.15) is 12.7 Å². The Bertz CT molecular complexity index is 693. The zero-order chi connectivity index (χ0) is 14.7. The Morgan fingerprint density at radius 1 is 1.27 bits per heavy atom. The summed E-state index contributed by atoms with van der Waals surface area (Å²) in [5.41, 5.74) is 3.35. The van der Waals surface area contributed by atoms with E-state index in [0.717, 1.165) is 22.9 Å². The fourth-order valence-corrected chi connectivity index (χ4v) is 2.73. The van der Waals surface area contributed by atoms with Gasteiger partial charge < -0.3 is 5.32 Å². The van der Waals surface area contributed by atoms with Crippen molar-refractivity contribution in [3.05, 3.63) is 58.6 Å². The summed E-state index contributed by atoms with van der Waals surface area (Å²) < 4.78 is 1.75. The molecule has 1 N–H and O–H groups in total. The van der Waals surface area contributed by atoms with Crippen LogP contribution in [0.5, 0.6) is 0 Å². The lowest BCUT2D eigenvalue weighted by Crippen LogP contribution is -2.18. The minimum atomic E-state index is 0. The van der Waals surface area contributed by atoms with Crippen molar-refractivity contribution in [1.29, 1.82) is 0 Å². The van der Waals surface area contributed by atoms with Crippen molar-refractivity contribution in [2.75, 3.05) is 0 Å². The van der Waals surface area contributed by atoms with Gasteiger partial charge in [0.2, 0.25) is 0 Å². The number of rotatable bonds is 5.